The first-order chi connectivity index (χ1) is 14.8. The maximum atomic E-state index is 5.27. The number of rotatable bonds is 6. The van der Waals surface area contributed by atoms with Crippen LogP contribution in [0.3, 0.4) is 0 Å². The van der Waals surface area contributed by atoms with E-state index in [1.165, 1.54) is 15.3 Å². The summed E-state index contributed by atoms with van der Waals surface area (Å²) in [6, 6.07) is 20.7. The van der Waals surface area contributed by atoms with Crippen LogP contribution >= 0.6 is 11.3 Å². The maximum absolute atomic E-state index is 5.27. The van der Waals surface area contributed by atoms with Crippen LogP contribution in [0, 0.1) is 0 Å². The van der Waals surface area contributed by atoms with Crippen molar-refractivity contribution in [3.63, 3.8) is 0 Å². The van der Waals surface area contributed by atoms with Gasteiger partial charge in [0.05, 0.1) is 7.11 Å². The monoisotopic (exact) mass is 412 g/mol. The molecule has 0 amide bonds. The lowest BCUT2D eigenvalue weighted by atomic mass is 10.2. The Kier molecular flexibility index (Phi) is 4.99. The fourth-order valence-electron chi connectivity index (χ4n) is 3.41. The van der Waals surface area contributed by atoms with E-state index >= 15 is 0 Å². The molecule has 0 saturated carbocycles. The van der Waals surface area contributed by atoms with Gasteiger partial charge >= 0.3 is 0 Å². The van der Waals surface area contributed by atoms with E-state index in [0.717, 1.165) is 46.8 Å². The number of ether oxygens (including phenoxy) is 1. The van der Waals surface area contributed by atoms with E-state index in [1.54, 1.807) is 24.6 Å². The molecule has 4 heterocycles. The molecule has 5 aromatic rings. The Hall–Kier alpha value is -3.51. The van der Waals surface area contributed by atoms with Crippen molar-refractivity contribution in [3.05, 3.63) is 84.6 Å². The third-order valence-electron chi connectivity index (χ3n) is 4.98. The highest BCUT2D eigenvalue weighted by Gasteiger charge is 2.10. The van der Waals surface area contributed by atoms with E-state index in [1.807, 2.05) is 24.4 Å². The van der Waals surface area contributed by atoms with Crippen LogP contribution < -0.4 is 4.74 Å². The van der Waals surface area contributed by atoms with Crippen LogP contribution in [-0.4, -0.2) is 27.0 Å². The van der Waals surface area contributed by atoms with Crippen LogP contribution in [0.4, 0.5) is 0 Å². The summed E-state index contributed by atoms with van der Waals surface area (Å²) in [5.74, 6) is 1.73. The summed E-state index contributed by atoms with van der Waals surface area (Å²) in [6.07, 6.45) is 5.23. The molecular formula is C24H20N4OS. The lowest BCUT2D eigenvalue weighted by Crippen LogP contribution is -1.96. The quantitative estimate of drug-likeness (QED) is 0.398. The van der Waals surface area contributed by atoms with Gasteiger partial charge < -0.3 is 9.72 Å². The number of hydrogen-bond donors (Lipinski definition) is 1. The molecule has 0 spiro atoms. The Bertz CT molecular complexity index is 1290. The summed E-state index contributed by atoms with van der Waals surface area (Å²) in [6.45, 7) is 0. The first-order valence-electron chi connectivity index (χ1n) is 9.78. The molecule has 1 aromatic carbocycles. The zero-order valence-electron chi connectivity index (χ0n) is 16.5. The molecule has 148 valence electrons. The molecule has 5 rings (SSSR count). The summed E-state index contributed by atoms with van der Waals surface area (Å²) >= 11 is 1.77. The van der Waals surface area contributed by atoms with Gasteiger partial charge in [-0.05, 0) is 36.2 Å². The van der Waals surface area contributed by atoms with Gasteiger partial charge in [-0.15, -0.1) is 11.3 Å². The Morgan fingerprint density at radius 3 is 2.57 bits per heavy atom. The second-order valence-corrected chi connectivity index (χ2v) is 8.08. The number of hydrogen-bond acceptors (Lipinski definition) is 5. The van der Waals surface area contributed by atoms with Crippen molar-refractivity contribution in [2.75, 3.05) is 7.11 Å². The van der Waals surface area contributed by atoms with Crippen molar-refractivity contribution < 1.29 is 4.74 Å². The average Bonchev–Trinajstić information content (AvgIpc) is 3.45. The van der Waals surface area contributed by atoms with Crippen LogP contribution in [0.25, 0.3) is 32.0 Å². The molecule has 1 N–H and O–H groups in total. The number of H-pyrrole nitrogens is 1. The van der Waals surface area contributed by atoms with E-state index in [4.69, 9.17) is 9.72 Å². The molecule has 5 nitrogen and oxygen atoms in total. The number of aromatic nitrogens is 4. The number of thiophene rings is 1. The molecule has 0 atom stereocenters. The number of benzene rings is 1. The van der Waals surface area contributed by atoms with Crippen LogP contribution in [0.15, 0.2) is 73.1 Å². The minimum atomic E-state index is 0.767. The number of nitrogens with zero attached hydrogens (tertiary/aromatic N) is 3. The lowest BCUT2D eigenvalue weighted by Gasteiger charge is -2.02. The molecule has 0 aliphatic heterocycles. The zero-order chi connectivity index (χ0) is 20.3. The fraction of sp³-hybridized carbons (Fsp3) is 0.125. The fourth-order valence-corrected chi connectivity index (χ4v) is 4.41. The molecule has 0 unspecified atom stereocenters. The molecule has 0 fully saturated rings. The Morgan fingerprint density at radius 2 is 1.73 bits per heavy atom. The molecule has 0 bridgehead atoms. The summed E-state index contributed by atoms with van der Waals surface area (Å²) in [7, 11) is 1.66. The highest BCUT2D eigenvalue weighted by molar-refractivity contribution is 7.18. The third-order valence-corrected chi connectivity index (χ3v) is 6.16. The summed E-state index contributed by atoms with van der Waals surface area (Å²) in [5.41, 5.74) is 5.00. The highest BCUT2D eigenvalue weighted by atomic mass is 32.1. The zero-order valence-corrected chi connectivity index (χ0v) is 17.3. The van der Waals surface area contributed by atoms with Crippen molar-refractivity contribution in [2.24, 2.45) is 0 Å². The van der Waals surface area contributed by atoms with Crippen molar-refractivity contribution in [1.82, 2.24) is 19.9 Å². The van der Waals surface area contributed by atoms with E-state index < -0.39 is 0 Å². The second-order valence-electron chi connectivity index (χ2n) is 6.99. The first kappa shape index (κ1) is 18.5. The van der Waals surface area contributed by atoms with Crippen molar-refractivity contribution in [3.8, 4) is 26.6 Å². The van der Waals surface area contributed by atoms with E-state index in [-0.39, 0.29) is 0 Å². The average molecular weight is 413 g/mol. The molecule has 6 heteroatoms. The number of nitrogens with one attached hydrogen (secondary N) is 1. The molecule has 0 radical (unpaired) electrons. The summed E-state index contributed by atoms with van der Waals surface area (Å²) < 4.78 is 5.27. The van der Waals surface area contributed by atoms with Crippen molar-refractivity contribution in [1.29, 1.82) is 0 Å². The minimum Gasteiger partial charge on any atom is -0.497 e. The normalized spacial score (nSPS) is 11.1. The molecule has 4 aromatic heterocycles. The Balaban J connectivity index is 1.36. The van der Waals surface area contributed by atoms with Gasteiger partial charge in [-0.3, -0.25) is 4.98 Å². The Labute approximate surface area is 178 Å². The van der Waals surface area contributed by atoms with E-state index in [2.05, 4.69) is 57.4 Å². The van der Waals surface area contributed by atoms with Gasteiger partial charge in [0, 0.05) is 45.9 Å². The van der Waals surface area contributed by atoms with E-state index in [9.17, 15) is 0 Å². The number of aryl methyl sites for hydroxylation is 2. The first-order valence-corrected chi connectivity index (χ1v) is 10.6. The molecule has 0 aliphatic rings. The predicted molar refractivity (Wildman–Crippen MR) is 121 cm³/mol. The number of methoxy groups -OCH3 is 1. The molecule has 0 saturated heterocycles. The number of imidazole rings is 1. The summed E-state index contributed by atoms with van der Waals surface area (Å²) in [5, 5.41) is 0. The number of pyridine rings is 2. The third kappa shape index (κ3) is 3.82. The van der Waals surface area contributed by atoms with Gasteiger partial charge in [0.1, 0.15) is 17.1 Å². The molecule has 0 aliphatic carbocycles. The van der Waals surface area contributed by atoms with Crippen molar-refractivity contribution in [2.45, 2.75) is 12.8 Å². The summed E-state index contributed by atoms with van der Waals surface area (Å²) in [4.78, 5) is 19.5. The number of fused-ring (bicyclic) bond motifs is 1. The van der Waals surface area contributed by atoms with Gasteiger partial charge in [0.15, 0.2) is 5.65 Å². The maximum Gasteiger partial charge on any atom is 0.157 e. The topological polar surface area (TPSA) is 63.7 Å². The highest BCUT2D eigenvalue weighted by Crippen LogP contribution is 2.34. The van der Waals surface area contributed by atoms with Gasteiger partial charge in [-0.1, -0.05) is 30.3 Å². The molecule has 30 heavy (non-hydrogen) atoms. The Morgan fingerprint density at radius 1 is 0.900 bits per heavy atom. The van der Waals surface area contributed by atoms with Crippen LogP contribution in [0.2, 0.25) is 0 Å². The van der Waals surface area contributed by atoms with E-state index in [0.29, 0.717) is 0 Å². The van der Waals surface area contributed by atoms with Gasteiger partial charge in [-0.2, -0.15) is 0 Å². The molecular weight excluding hydrogens is 392 g/mol. The van der Waals surface area contributed by atoms with Gasteiger partial charge in [0.2, 0.25) is 0 Å². The number of aromatic amines is 1. The van der Waals surface area contributed by atoms with Gasteiger partial charge in [0.25, 0.3) is 0 Å². The SMILES string of the molecule is COc1ccnc(CCc2nc3cc(-c4ccc(-c5ccccc5)s4)cnc3[nH]2)c1. The van der Waals surface area contributed by atoms with Crippen LogP contribution in [0.5, 0.6) is 5.75 Å². The van der Waals surface area contributed by atoms with Crippen molar-refractivity contribution >= 4 is 22.5 Å². The van der Waals surface area contributed by atoms with Crippen LogP contribution in [-0.2, 0) is 12.8 Å². The van der Waals surface area contributed by atoms with Gasteiger partial charge in [-0.25, -0.2) is 9.97 Å². The smallest absolute Gasteiger partial charge is 0.157 e. The predicted octanol–water partition coefficient (Wildman–Crippen LogP) is 5.54. The standard InChI is InChI=1S/C24H20N4OS/c1-29-19-11-12-25-18(14-19)7-10-23-27-20-13-17(15-26-24(20)28-23)22-9-8-21(30-22)16-5-3-2-4-6-16/h2-6,8-9,11-15H,7,10H2,1H3,(H,26,27,28). The largest absolute Gasteiger partial charge is 0.497 e. The second kappa shape index (κ2) is 8.08. The lowest BCUT2D eigenvalue weighted by molar-refractivity contribution is 0.413. The van der Waals surface area contributed by atoms with Crippen LogP contribution in [0.1, 0.15) is 11.5 Å². The minimum absolute atomic E-state index is 0.767.